The molecule has 0 aromatic carbocycles. The fourth-order valence-corrected chi connectivity index (χ4v) is 2.26. The Balaban J connectivity index is 0.00000200. The molecule has 20 heavy (non-hydrogen) atoms. The lowest BCUT2D eigenvalue weighted by atomic mass is 10.3. The molecule has 6 nitrogen and oxygen atoms in total. The fraction of sp³-hybridized carbons (Fsp3) is 0.417. The lowest BCUT2D eigenvalue weighted by molar-refractivity contribution is 0.371. The van der Waals surface area contributed by atoms with Crippen molar-refractivity contribution in [3.8, 4) is 0 Å². The van der Waals surface area contributed by atoms with Crippen molar-refractivity contribution in [2.45, 2.75) is 19.9 Å². The van der Waals surface area contributed by atoms with E-state index in [1.807, 2.05) is 0 Å². The Bertz CT molecular complexity index is 526. The number of aliphatic imine (C=N–C) groups is 1. The summed E-state index contributed by atoms with van der Waals surface area (Å²) in [5, 5.41) is 12.2. The van der Waals surface area contributed by atoms with Crippen molar-refractivity contribution >= 4 is 41.3 Å². The van der Waals surface area contributed by atoms with Gasteiger partial charge in [-0.1, -0.05) is 11.2 Å². The molecular weight excluding hydrogens is 389 g/mol. The van der Waals surface area contributed by atoms with Crippen LogP contribution >= 0.6 is 35.3 Å². The predicted molar refractivity (Wildman–Crippen MR) is 90.7 cm³/mol. The quantitative estimate of drug-likeness (QED) is 0.451. The average molecular weight is 407 g/mol. The minimum Gasteiger partial charge on any atom is -0.356 e. The molecule has 8 heteroatoms. The smallest absolute Gasteiger partial charge is 0.246 e. The summed E-state index contributed by atoms with van der Waals surface area (Å²) in [7, 11) is 1.74. The molecule has 0 amide bonds. The summed E-state index contributed by atoms with van der Waals surface area (Å²) in [5.74, 6) is 1.92. The van der Waals surface area contributed by atoms with Crippen LogP contribution in [-0.2, 0) is 13.0 Å². The van der Waals surface area contributed by atoms with Crippen molar-refractivity contribution in [1.29, 1.82) is 0 Å². The summed E-state index contributed by atoms with van der Waals surface area (Å²) >= 11 is 1.76. The van der Waals surface area contributed by atoms with Crippen molar-refractivity contribution in [3.05, 3.63) is 34.1 Å². The van der Waals surface area contributed by atoms with Crippen LogP contribution in [0.1, 0.15) is 16.6 Å². The summed E-state index contributed by atoms with van der Waals surface area (Å²) in [4.78, 5) is 9.61. The number of rotatable bonds is 5. The first-order chi connectivity index (χ1) is 9.28. The Morgan fingerprint density at radius 2 is 2.30 bits per heavy atom. The summed E-state index contributed by atoms with van der Waals surface area (Å²) in [5.41, 5.74) is 0. The van der Waals surface area contributed by atoms with Gasteiger partial charge in [0.05, 0.1) is 6.54 Å². The van der Waals surface area contributed by atoms with E-state index < -0.39 is 0 Å². The molecule has 0 saturated carbocycles. The molecule has 0 aliphatic rings. The highest BCUT2D eigenvalue weighted by Gasteiger charge is 2.04. The fourth-order valence-electron chi connectivity index (χ4n) is 1.55. The highest BCUT2D eigenvalue weighted by molar-refractivity contribution is 14.0. The summed E-state index contributed by atoms with van der Waals surface area (Å²) in [6, 6.07) is 4.19. The van der Waals surface area contributed by atoms with E-state index >= 15 is 0 Å². The van der Waals surface area contributed by atoms with Crippen LogP contribution in [0.5, 0.6) is 0 Å². The molecule has 0 fully saturated rings. The number of aryl methyl sites for hydroxylation is 1. The maximum atomic E-state index is 5.02. The van der Waals surface area contributed by atoms with Gasteiger partial charge in [0, 0.05) is 18.5 Å². The third kappa shape index (κ3) is 5.45. The number of halogens is 1. The number of nitrogens with one attached hydrogen (secondary N) is 2. The van der Waals surface area contributed by atoms with E-state index in [4.69, 9.17) is 4.52 Å². The first-order valence-corrected chi connectivity index (χ1v) is 6.92. The summed E-state index contributed by atoms with van der Waals surface area (Å²) in [6.45, 7) is 3.10. The van der Waals surface area contributed by atoms with Crippen LogP contribution in [-0.4, -0.2) is 29.7 Å². The van der Waals surface area contributed by atoms with Gasteiger partial charge in [0.15, 0.2) is 11.8 Å². The molecule has 2 aromatic heterocycles. The first-order valence-electron chi connectivity index (χ1n) is 6.04. The number of hydrogen-bond acceptors (Lipinski definition) is 5. The van der Waals surface area contributed by atoms with Crippen molar-refractivity contribution in [2.24, 2.45) is 4.99 Å². The van der Waals surface area contributed by atoms with E-state index in [1.165, 1.54) is 4.88 Å². The second kappa shape index (κ2) is 8.90. The standard InChI is InChI=1S/C12H17N5OS.HI/c1-9-16-11(18-17-9)8-15-12(13-2)14-6-5-10-4-3-7-19-10;/h3-4,7H,5-6,8H2,1-2H3,(H2,13,14,15);1H. The van der Waals surface area contributed by atoms with E-state index in [9.17, 15) is 0 Å². The predicted octanol–water partition coefficient (Wildman–Crippen LogP) is 1.97. The normalized spacial score (nSPS) is 11.0. The highest BCUT2D eigenvalue weighted by Crippen LogP contribution is 2.07. The Hall–Kier alpha value is -1.16. The Labute approximate surface area is 139 Å². The Morgan fingerprint density at radius 1 is 1.45 bits per heavy atom. The van der Waals surface area contributed by atoms with Gasteiger partial charge in [0.1, 0.15) is 0 Å². The van der Waals surface area contributed by atoms with E-state index in [0.717, 1.165) is 18.9 Å². The molecular formula is C12H18IN5OS. The van der Waals surface area contributed by atoms with Crippen LogP contribution in [0.15, 0.2) is 27.0 Å². The zero-order valence-electron chi connectivity index (χ0n) is 11.4. The molecule has 2 aromatic rings. The molecule has 0 saturated heterocycles. The van der Waals surface area contributed by atoms with Crippen LogP contribution < -0.4 is 10.6 Å². The lowest BCUT2D eigenvalue weighted by Gasteiger charge is -2.09. The molecule has 2 heterocycles. The van der Waals surface area contributed by atoms with Crippen molar-refractivity contribution in [2.75, 3.05) is 13.6 Å². The van der Waals surface area contributed by atoms with Gasteiger partial charge in [-0.25, -0.2) is 0 Å². The van der Waals surface area contributed by atoms with Gasteiger partial charge in [0.2, 0.25) is 5.89 Å². The van der Waals surface area contributed by atoms with Crippen molar-refractivity contribution in [3.63, 3.8) is 0 Å². The average Bonchev–Trinajstić information content (AvgIpc) is 3.05. The zero-order chi connectivity index (χ0) is 13.5. The molecule has 0 aliphatic carbocycles. The minimum absolute atomic E-state index is 0. The largest absolute Gasteiger partial charge is 0.356 e. The first kappa shape index (κ1) is 16.9. The van der Waals surface area contributed by atoms with Crippen LogP contribution in [0, 0.1) is 6.92 Å². The maximum Gasteiger partial charge on any atom is 0.246 e. The SMILES string of the molecule is CN=C(NCCc1cccs1)NCc1nc(C)no1.I. The van der Waals surface area contributed by atoms with E-state index in [1.54, 1.807) is 25.3 Å². The van der Waals surface area contributed by atoms with Crippen molar-refractivity contribution < 1.29 is 4.52 Å². The number of hydrogen-bond donors (Lipinski definition) is 2. The van der Waals surface area contributed by atoms with Crippen LogP contribution in [0.2, 0.25) is 0 Å². The molecule has 0 bridgehead atoms. The van der Waals surface area contributed by atoms with E-state index in [0.29, 0.717) is 18.3 Å². The summed E-state index contributed by atoms with van der Waals surface area (Å²) in [6.07, 6.45) is 0.984. The molecule has 0 aliphatic heterocycles. The van der Waals surface area contributed by atoms with Gasteiger partial charge in [-0.05, 0) is 24.8 Å². The minimum atomic E-state index is 0. The molecule has 0 spiro atoms. The molecule has 110 valence electrons. The molecule has 0 atom stereocenters. The topological polar surface area (TPSA) is 75.3 Å². The zero-order valence-corrected chi connectivity index (χ0v) is 14.6. The number of guanidine groups is 1. The lowest BCUT2D eigenvalue weighted by Crippen LogP contribution is -2.37. The second-order valence-corrected chi connectivity index (χ2v) is 4.95. The van der Waals surface area contributed by atoms with Gasteiger partial charge in [0.25, 0.3) is 0 Å². The molecule has 2 N–H and O–H groups in total. The number of thiophene rings is 1. The van der Waals surface area contributed by atoms with E-state index in [2.05, 4.69) is 43.3 Å². The number of aromatic nitrogens is 2. The highest BCUT2D eigenvalue weighted by atomic mass is 127. The van der Waals surface area contributed by atoms with E-state index in [-0.39, 0.29) is 24.0 Å². The Morgan fingerprint density at radius 3 is 2.90 bits per heavy atom. The van der Waals surface area contributed by atoms with Gasteiger partial charge in [-0.15, -0.1) is 35.3 Å². The van der Waals surface area contributed by atoms with Gasteiger partial charge in [-0.3, -0.25) is 4.99 Å². The molecule has 2 rings (SSSR count). The molecule has 0 radical (unpaired) electrons. The van der Waals surface area contributed by atoms with Crippen molar-refractivity contribution in [1.82, 2.24) is 20.8 Å². The second-order valence-electron chi connectivity index (χ2n) is 3.92. The summed E-state index contributed by atoms with van der Waals surface area (Å²) < 4.78 is 5.02. The third-order valence-corrected chi connectivity index (χ3v) is 3.38. The number of nitrogens with zero attached hydrogens (tertiary/aromatic N) is 3. The maximum absolute atomic E-state index is 5.02. The van der Waals surface area contributed by atoms with Gasteiger partial charge in [-0.2, -0.15) is 4.98 Å². The molecule has 0 unspecified atom stereocenters. The van der Waals surface area contributed by atoms with Crippen LogP contribution in [0.25, 0.3) is 0 Å². The monoisotopic (exact) mass is 407 g/mol. The Kier molecular flexibility index (Phi) is 7.52. The third-order valence-electron chi connectivity index (χ3n) is 2.44. The van der Waals surface area contributed by atoms with Crippen LogP contribution in [0.4, 0.5) is 0 Å². The van der Waals surface area contributed by atoms with Gasteiger partial charge >= 0.3 is 0 Å². The van der Waals surface area contributed by atoms with Gasteiger partial charge < -0.3 is 15.2 Å². The van der Waals surface area contributed by atoms with Crippen LogP contribution in [0.3, 0.4) is 0 Å².